The smallest absolute Gasteiger partial charge is 0.0590 e. The van der Waals surface area contributed by atoms with Crippen LogP contribution in [0.5, 0.6) is 0 Å². The first-order valence-corrected chi connectivity index (χ1v) is 20.5. The number of anilines is 2. The molecule has 5 nitrogen and oxygen atoms in total. The van der Waals surface area contributed by atoms with Crippen molar-refractivity contribution >= 4 is 45.6 Å². The number of hydrogen-bond donors (Lipinski definition) is 0. The third-order valence-electron chi connectivity index (χ3n) is 11.6. The molecule has 1 aliphatic carbocycles. The van der Waals surface area contributed by atoms with Gasteiger partial charge in [-0.2, -0.15) is 10.2 Å². The standard InChI is InChI=1S/C51H53N5/c1-4-5-6-7-8-9-16-29-50(51-44-27-18-17-25-42(44)46-34-38(30-32-45(46)51)36-52-54(2)40-21-12-10-13-22-40)56-48-28-20-19-26-43(48)47-35-39(31-33-49(47)56)37-53-55(3)41-23-14-11-15-24-41/h10-15,17-28,30-37,50-51H,4-9,16,29H2,1-3H3. The zero-order valence-electron chi connectivity index (χ0n) is 33.1. The summed E-state index contributed by atoms with van der Waals surface area (Å²) in [6.07, 6.45) is 14.1. The van der Waals surface area contributed by atoms with Gasteiger partial charge in [0.1, 0.15) is 0 Å². The minimum atomic E-state index is 0.221. The summed E-state index contributed by atoms with van der Waals surface area (Å²) >= 11 is 0. The molecule has 5 heteroatoms. The number of benzene rings is 6. The molecule has 0 spiro atoms. The van der Waals surface area contributed by atoms with Crippen molar-refractivity contribution in [3.8, 4) is 11.1 Å². The molecule has 2 atom stereocenters. The number of rotatable bonds is 16. The first-order chi connectivity index (χ1) is 27.6. The summed E-state index contributed by atoms with van der Waals surface area (Å²) in [6, 6.07) is 52.8. The Morgan fingerprint density at radius 1 is 0.536 bits per heavy atom. The maximum absolute atomic E-state index is 4.82. The second kappa shape index (κ2) is 17.2. The van der Waals surface area contributed by atoms with E-state index in [0.717, 1.165) is 28.9 Å². The van der Waals surface area contributed by atoms with Crippen LogP contribution in [0.1, 0.15) is 92.5 Å². The molecule has 0 N–H and O–H groups in total. The van der Waals surface area contributed by atoms with E-state index in [1.54, 1.807) is 0 Å². The lowest BCUT2D eigenvalue weighted by atomic mass is 9.85. The second-order valence-electron chi connectivity index (χ2n) is 15.3. The third kappa shape index (κ3) is 7.77. The van der Waals surface area contributed by atoms with Crippen LogP contribution in [0.2, 0.25) is 0 Å². The molecule has 1 aliphatic rings. The van der Waals surface area contributed by atoms with Crippen molar-refractivity contribution in [2.24, 2.45) is 10.2 Å². The summed E-state index contributed by atoms with van der Waals surface area (Å²) in [5.41, 5.74) is 12.4. The van der Waals surface area contributed by atoms with Crippen molar-refractivity contribution in [2.45, 2.75) is 70.3 Å². The molecule has 2 unspecified atom stereocenters. The van der Waals surface area contributed by atoms with Crippen LogP contribution in [-0.2, 0) is 0 Å². The Morgan fingerprint density at radius 2 is 1.09 bits per heavy atom. The maximum Gasteiger partial charge on any atom is 0.0590 e. The molecular weight excluding hydrogens is 683 g/mol. The predicted octanol–water partition coefficient (Wildman–Crippen LogP) is 13.2. The quantitative estimate of drug-likeness (QED) is 0.0563. The molecule has 1 heterocycles. The second-order valence-corrected chi connectivity index (χ2v) is 15.3. The van der Waals surface area contributed by atoms with Crippen LogP contribution in [0.15, 0.2) is 156 Å². The topological polar surface area (TPSA) is 36.1 Å². The highest BCUT2D eigenvalue weighted by Crippen LogP contribution is 2.52. The van der Waals surface area contributed by atoms with Crippen molar-refractivity contribution in [1.82, 2.24) is 4.57 Å². The van der Waals surface area contributed by atoms with Crippen molar-refractivity contribution < 1.29 is 0 Å². The van der Waals surface area contributed by atoms with Crippen LogP contribution in [0.3, 0.4) is 0 Å². The third-order valence-corrected chi connectivity index (χ3v) is 11.6. The zero-order valence-corrected chi connectivity index (χ0v) is 33.1. The normalized spacial score (nSPS) is 14.2. The van der Waals surface area contributed by atoms with E-state index in [2.05, 4.69) is 121 Å². The fraction of sp³-hybridized carbons (Fsp3) is 0.255. The summed E-state index contributed by atoms with van der Waals surface area (Å²) in [5.74, 6) is 0.221. The summed E-state index contributed by atoms with van der Waals surface area (Å²) in [6.45, 7) is 2.30. The van der Waals surface area contributed by atoms with E-state index in [9.17, 15) is 0 Å². The first-order valence-electron chi connectivity index (χ1n) is 20.5. The Balaban J connectivity index is 1.19. The molecular formula is C51H53N5. The van der Waals surface area contributed by atoms with Gasteiger partial charge in [-0.25, -0.2) is 0 Å². The van der Waals surface area contributed by atoms with Gasteiger partial charge in [-0.1, -0.05) is 149 Å². The molecule has 0 aliphatic heterocycles. The summed E-state index contributed by atoms with van der Waals surface area (Å²) < 4.78 is 2.69. The molecule has 0 fully saturated rings. The fourth-order valence-corrected chi connectivity index (χ4v) is 8.70. The Labute approximate surface area is 332 Å². The van der Waals surface area contributed by atoms with Crippen molar-refractivity contribution in [1.29, 1.82) is 0 Å². The summed E-state index contributed by atoms with van der Waals surface area (Å²) in [7, 11) is 4.00. The maximum atomic E-state index is 4.82. The highest BCUT2D eigenvalue weighted by Gasteiger charge is 2.36. The SMILES string of the molecule is CCCCCCCCCC(C1c2ccccc2-c2cc(C=NN(C)c3ccccc3)ccc21)n1c2ccccc2c2cc(C=NN(C)c3ccccc3)ccc21. The monoisotopic (exact) mass is 735 g/mol. The van der Waals surface area contributed by atoms with Gasteiger partial charge in [-0.05, 0) is 88.3 Å². The first kappa shape index (κ1) is 37.0. The molecule has 0 saturated heterocycles. The van der Waals surface area contributed by atoms with Crippen molar-refractivity contribution in [3.63, 3.8) is 0 Å². The van der Waals surface area contributed by atoms with E-state index in [0.29, 0.717) is 0 Å². The van der Waals surface area contributed by atoms with E-state index in [1.807, 2.05) is 72.9 Å². The lowest BCUT2D eigenvalue weighted by molar-refractivity contribution is 0.420. The number of para-hydroxylation sites is 3. The van der Waals surface area contributed by atoms with Crippen LogP contribution < -0.4 is 10.0 Å². The van der Waals surface area contributed by atoms with Gasteiger partial charge in [0, 0.05) is 47.9 Å². The van der Waals surface area contributed by atoms with E-state index in [-0.39, 0.29) is 12.0 Å². The number of fused-ring (bicyclic) bond motifs is 6. The van der Waals surface area contributed by atoms with Crippen LogP contribution in [0.25, 0.3) is 32.9 Å². The van der Waals surface area contributed by atoms with Crippen molar-refractivity contribution in [2.75, 3.05) is 24.1 Å². The van der Waals surface area contributed by atoms with Gasteiger partial charge < -0.3 is 4.57 Å². The van der Waals surface area contributed by atoms with E-state index in [4.69, 9.17) is 10.2 Å². The molecule has 6 aromatic carbocycles. The van der Waals surface area contributed by atoms with E-state index < -0.39 is 0 Å². The lowest BCUT2D eigenvalue weighted by Gasteiger charge is -2.29. The van der Waals surface area contributed by atoms with Crippen LogP contribution in [-0.4, -0.2) is 31.1 Å². The fourth-order valence-electron chi connectivity index (χ4n) is 8.70. The summed E-state index contributed by atoms with van der Waals surface area (Å²) in [4.78, 5) is 0. The highest BCUT2D eigenvalue weighted by atomic mass is 15.4. The molecule has 0 radical (unpaired) electrons. The van der Waals surface area contributed by atoms with Crippen LogP contribution in [0, 0.1) is 0 Å². The summed E-state index contributed by atoms with van der Waals surface area (Å²) in [5, 5.41) is 16.1. The Morgan fingerprint density at radius 3 is 1.80 bits per heavy atom. The number of aromatic nitrogens is 1. The van der Waals surface area contributed by atoms with E-state index in [1.165, 1.54) is 89.0 Å². The lowest BCUT2D eigenvalue weighted by Crippen LogP contribution is -2.18. The Bertz CT molecular complexity index is 2440. The minimum Gasteiger partial charge on any atom is -0.336 e. The zero-order chi connectivity index (χ0) is 38.3. The molecule has 8 rings (SSSR count). The predicted molar refractivity (Wildman–Crippen MR) is 240 cm³/mol. The molecule has 1 aromatic heterocycles. The van der Waals surface area contributed by atoms with Gasteiger partial charge in [0.15, 0.2) is 0 Å². The molecule has 0 saturated carbocycles. The molecule has 0 amide bonds. The molecule has 0 bridgehead atoms. The van der Waals surface area contributed by atoms with E-state index >= 15 is 0 Å². The average Bonchev–Trinajstić information content (AvgIpc) is 3.76. The number of unbranched alkanes of at least 4 members (excludes halogenated alkanes) is 6. The average molecular weight is 736 g/mol. The molecule has 7 aromatic rings. The minimum absolute atomic E-state index is 0.221. The van der Waals surface area contributed by atoms with Gasteiger partial charge in [0.25, 0.3) is 0 Å². The van der Waals surface area contributed by atoms with Gasteiger partial charge in [0.05, 0.1) is 23.8 Å². The van der Waals surface area contributed by atoms with Crippen LogP contribution >= 0.6 is 0 Å². The molecule has 282 valence electrons. The van der Waals surface area contributed by atoms with Gasteiger partial charge >= 0.3 is 0 Å². The largest absolute Gasteiger partial charge is 0.336 e. The Kier molecular flexibility index (Phi) is 11.4. The van der Waals surface area contributed by atoms with Crippen LogP contribution in [0.4, 0.5) is 11.4 Å². The number of hydrogen-bond acceptors (Lipinski definition) is 4. The number of hydrazone groups is 2. The number of nitrogens with zero attached hydrogens (tertiary/aromatic N) is 5. The van der Waals surface area contributed by atoms with Gasteiger partial charge in [-0.3, -0.25) is 10.0 Å². The highest BCUT2D eigenvalue weighted by molar-refractivity contribution is 6.09. The van der Waals surface area contributed by atoms with Crippen molar-refractivity contribution in [3.05, 3.63) is 168 Å². The van der Waals surface area contributed by atoms with Gasteiger partial charge in [-0.15, -0.1) is 0 Å². The Hall–Kier alpha value is -5.94. The molecule has 56 heavy (non-hydrogen) atoms. The van der Waals surface area contributed by atoms with Gasteiger partial charge in [0.2, 0.25) is 0 Å².